The quantitative estimate of drug-likeness (QED) is 0.804. The Hall–Kier alpha value is -2.17. The zero-order chi connectivity index (χ0) is 14.9. The molecule has 0 amide bonds. The van der Waals surface area contributed by atoms with Gasteiger partial charge in [-0.3, -0.25) is 14.5 Å². The fourth-order valence-corrected chi connectivity index (χ4v) is 2.16. The number of carbonyl (C=O) groups excluding carboxylic acids is 1. The molecule has 0 aliphatic rings. The number of hydrogen-bond donors (Lipinski definition) is 0. The predicted octanol–water partition coefficient (Wildman–Crippen LogP) is 2.72. The third-order valence-electron chi connectivity index (χ3n) is 3.16. The van der Waals surface area contributed by atoms with Crippen LogP contribution in [0.4, 0.5) is 0 Å². The highest BCUT2D eigenvalue weighted by molar-refractivity contribution is 6.10. The standard InChI is InChI=1S/C15H19N3O2/c1-9(2)18-14(13(20-5)8-16-18)15(19)12-7-6-10(3)17-11(12)4/h6-9H,1-5H3. The predicted molar refractivity (Wildman–Crippen MR) is 76.3 cm³/mol. The maximum absolute atomic E-state index is 12.8. The van der Waals surface area contributed by atoms with Gasteiger partial charge in [0, 0.05) is 23.0 Å². The molecular formula is C15H19N3O2. The first-order valence-electron chi connectivity index (χ1n) is 6.56. The van der Waals surface area contributed by atoms with Crippen molar-refractivity contribution in [3.8, 4) is 5.75 Å². The molecule has 20 heavy (non-hydrogen) atoms. The van der Waals surface area contributed by atoms with Crippen molar-refractivity contribution in [2.24, 2.45) is 0 Å². The van der Waals surface area contributed by atoms with Crippen LogP contribution in [-0.2, 0) is 0 Å². The van der Waals surface area contributed by atoms with E-state index in [4.69, 9.17) is 4.74 Å². The van der Waals surface area contributed by atoms with Crippen molar-refractivity contribution in [1.82, 2.24) is 14.8 Å². The summed E-state index contributed by atoms with van der Waals surface area (Å²) in [7, 11) is 1.54. The molecular weight excluding hydrogens is 254 g/mol. The molecule has 0 unspecified atom stereocenters. The molecule has 5 heteroatoms. The molecule has 0 aliphatic heterocycles. The number of methoxy groups -OCH3 is 1. The molecule has 0 fully saturated rings. The Balaban J connectivity index is 2.55. The summed E-state index contributed by atoms with van der Waals surface area (Å²) in [6.45, 7) is 7.69. The molecule has 5 nitrogen and oxygen atoms in total. The van der Waals surface area contributed by atoms with E-state index in [2.05, 4.69) is 10.1 Å². The van der Waals surface area contributed by atoms with E-state index in [-0.39, 0.29) is 11.8 Å². The van der Waals surface area contributed by atoms with Gasteiger partial charge in [-0.2, -0.15) is 5.10 Å². The molecule has 2 rings (SSSR count). The summed E-state index contributed by atoms with van der Waals surface area (Å²) < 4.78 is 6.94. The number of hydrogen-bond acceptors (Lipinski definition) is 4. The molecule has 0 bridgehead atoms. The molecule has 0 aliphatic carbocycles. The topological polar surface area (TPSA) is 57.0 Å². The summed E-state index contributed by atoms with van der Waals surface area (Å²) in [6.07, 6.45) is 1.57. The zero-order valence-corrected chi connectivity index (χ0v) is 12.5. The fourth-order valence-electron chi connectivity index (χ4n) is 2.16. The number of rotatable bonds is 4. The van der Waals surface area contributed by atoms with Crippen molar-refractivity contribution in [3.63, 3.8) is 0 Å². The van der Waals surface area contributed by atoms with Crippen LogP contribution < -0.4 is 4.74 Å². The monoisotopic (exact) mass is 273 g/mol. The van der Waals surface area contributed by atoms with Gasteiger partial charge >= 0.3 is 0 Å². The van der Waals surface area contributed by atoms with Crippen molar-refractivity contribution in [3.05, 3.63) is 41.0 Å². The van der Waals surface area contributed by atoms with Gasteiger partial charge in [0.25, 0.3) is 0 Å². The van der Waals surface area contributed by atoms with Gasteiger partial charge in [-0.05, 0) is 39.8 Å². The van der Waals surface area contributed by atoms with Crippen molar-refractivity contribution in [2.45, 2.75) is 33.7 Å². The number of pyridine rings is 1. The number of aromatic nitrogens is 3. The van der Waals surface area contributed by atoms with E-state index >= 15 is 0 Å². The van der Waals surface area contributed by atoms with E-state index in [1.165, 1.54) is 0 Å². The second kappa shape index (κ2) is 5.45. The van der Waals surface area contributed by atoms with Crippen LogP contribution in [0.25, 0.3) is 0 Å². The van der Waals surface area contributed by atoms with E-state index in [0.717, 1.165) is 5.69 Å². The minimum absolute atomic E-state index is 0.0802. The third-order valence-corrected chi connectivity index (χ3v) is 3.16. The van der Waals surface area contributed by atoms with Crippen LogP contribution in [0.1, 0.15) is 47.3 Å². The summed E-state index contributed by atoms with van der Waals surface area (Å²) in [5.74, 6) is 0.377. The van der Waals surface area contributed by atoms with Gasteiger partial charge in [0.15, 0.2) is 11.4 Å². The average molecular weight is 273 g/mol. The maximum atomic E-state index is 12.8. The molecule has 2 aromatic heterocycles. The van der Waals surface area contributed by atoms with Crippen LogP contribution in [0.15, 0.2) is 18.3 Å². The number of ether oxygens (including phenoxy) is 1. The van der Waals surface area contributed by atoms with Crippen LogP contribution in [-0.4, -0.2) is 27.7 Å². The highest BCUT2D eigenvalue weighted by Gasteiger charge is 2.23. The van der Waals surface area contributed by atoms with E-state index in [0.29, 0.717) is 22.7 Å². The van der Waals surface area contributed by atoms with Crippen molar-refractivity contribution in [2.75, 3.05) is 7.11 Å². The lowest BCUT2D eigenvalue weighted by Crippen LogP contribution is -2.15. The zero-order valence-electron chi connectivity index (χ0n) is 12.5. The summed E-state index contributed by atoms with van der Waals surface area (Å²) in [5.41, 5.74) is 2.66. The minimum atomic E-state index is -0.113. The van der Waals surface area contributed by atoms with Crippen LogP contribution >= 0.6 is 0 Å². The molecule has 0 N–H and O–H groups in total. The SMILES string of the molecule is COc1cnn(C(C)C)c1C(=O)c1ccc(C)nc1C. The number of ketones is 1. The average Bonchev–Trinajstić information content (AvgIpc) is 2.81. The minimum Gasteiger partial charge on any atom is -0.493 e. The summed E-state index contributed by atoms with van der Waals surface area (Å²) in [4.78, 5) is 17.1. The van der Waals surface area contributed by atoms with Gasteiger partial charge in [-0.25, -0.2) is 0 Å². The molecule has 0 atom stereocenters. The van der Waals surface area contributed by atoms with Gasteiger partial charge in [0.1, 0.15) is 0 Å². The molecule has 106 valence electrons. The van der Waals surface area contributed by atoms with E-state index < -0.39 is 0 Å². The summed E-state index contributed by atoms with van der Waals surface area (Å²) in [5, 5.41) is 4.23. The number of aryl methyl sites for hydroxylation is 2. The molecule has 0 spiro atoms. The summed E-state index contributed by atoms with van der Waals surface area (Å²) >= 11 is 0. The first-order valence-corrected chi connectivity index (χ1v) is 6.56. The van der Waals surface area contributed by atoms with Gasteiger partial charge < -0.3 is 4.74 Å². The Kier molecular flexibility index (Phi) is 3.88. The van der Waals surface area contributed by atoms with Gasteiger partial charge in [0.2, 0.25) is 5.78 Å². The maximum Gasteiger partial charge on any atom is 0.216 e. The first-order chi connectivity index (χ1) is 9.45. The molecule has 0 saturated carbocycles. The van der Waals surface area contributed by atoms with Crippen molar-refractivity contribution in [1.29, 1.82) is 0 Å². The highest BCUT2D eigenvalue weighted by atomic mass is 16.5. The summed E-state index contributed by atoms with van der Waals surface area (Å²) in [6, 6.07) is 3.72. The molecule has 2 aromatic rings. The second-order valence-corrected chi connectivity index (χ2v) is 5.01. The molecule has 0 saturated heterocycles. The van der Waals surface area contributed by atoms with E-state index in [1.807, 2.05) is 33.8 Å². The fraction of sp³-hybridized carbons (Fsp3) is 0.400. The molecule has 0 radical (unpaired) electrons. The van der Waals surface area contributed by atoms with Gasteiger partial charge in [0.05, 0.1) is 13.3 Å². The number of nitrogens with zero attached hydrogens (tertiary/aromatic N) is 3. The van der Waals surface area contributed by atoms with Crippen molar-refractivity contribution < 1.29 is 9.53 Å². The highest BCUT2D eigenvalue weighted by Crippen LogP contribution is 2.25. The Morgan fingerprint density at radius 2 is 2.00 bits per heavy atom. The van der Waals surface area contributed by atoms with E-state index in [9.17, 15) is 4.79 Å². The first kappa shape index (κ1) is 14.2. The Bertz CT molecular complexity index is 645. The lowest BCUT2D eigenvalue weighted by atomic mass is 10.1. The Morgan fingerprint density at radius 3 is 2.55 bits per heavy atom. The van der Waals surface area contributed by atoms with Crippen LogP contribution in [0.2, 0.25) is 0 Å². The Morgan fingerprint density at radius 1 is 1.30 bits per heavy atom. The molecule has 2 heterocycles. The largest absolute Gasteiger partial charge is 0.493 e. The van der Waals surface area contributed by atoms with Crippen LogP contribution in [0.3, 0.4) is 0 Å². The van der Waals surface area contributed by atoms with Crippen molar-refractivity contribution >= 4 is 5.78 Å². The molecule has 0 aromatic carbocycles. The lowest BCUT2D eigenvalue weighted by molar-refractivity contribution is 0.102. The lowest BCUT2D eigenvalue weighted by Gasteiger charge is -2.12. The van der Waals surface area contributed by atoms with Crippen LogP contribution in [0.5, 0.6) is 5.75 Å². The van der Waals surface area contributed by atoms with Gasteiger partial charge in [-0.15, -0.1) is 0 Å². The third kappa shape index (κ3) is 2.43. The smallest absolute Gasteiger partial charge is 0.216 e. The van der Waals surface area contributed by atoms with Gasteiger partial charge in [-0.1, -0.05) is 0 Å². The normalized spacial score (nSPS) is 10.9. The van der Waals surface area contributed by atoms with E-state index in [1.54, 1.807) is 24.1 Å². The van der Waals surface area contributed by atoms with Crippen LogP contribution in [0, 0.1) is 13.8 Å². The Labute approximate surface area is 118 Å². The number of carbonyl (C=O) groups is 1. The second-order valence-electron chi connectivity index (χ2n) is 5.01.